The van der Waals surface area contributed by atoms with E-state index in [9.17, 15) is 0 Å². The molecule has 116 valence electrons. The molecule has 0 amide bonds. The first-order valence-corrected chi connectivity index (χ1v) is 8.40. The highest BCUT2D eigenvalue weighted by molar-refractivity contribution is 8.00. The molecule has 0 saturated carbocycles. The second-order valence-electron chi connectivity index (χ2n) is 5.93. The molecule has 0 unspecified atom stereocenters. The van der Waals surface area contributed by atoms with Crippen LogP contribution in [-0.4, -0.2) is 39.5 Å². The van der Waals surface area contributed by atoms with Gasteiger partial charge in [0.05, 0.1) is 0 Å². The Hall–Kier alpha value is -0.910. The van der Waals surface area contributed by atoms with Crippen LogP contribution in [0.25, 0.3) is 0 Å². The van der Waals surface area contributed by atoms with Gasteiger partial charge in [0, 0.05) is 34.2 Å². The van der Waals surface area contributed by atoms with E-state index in [-0.39, 0.29) is 5.84 Å². The monoisotopic (exact) mass is 327 g/mol. The van der Waals surface area contributed by atoms with Crippen molar-refractivity contribution in [2.24, 2.45) is 10.9 Å². The summed E-state index contributed by atoms with van der Waals surface area (Å²) in [5.41, 5.74) is 7.29. The molecule has 1 saturated heterocycles. The van der Waals surface area contributed by atoms with Gasteiger partial charge >= 0.3 is 0 Å². The largest absolute Gasteiger partial charge is 0.409 e. The van der Waals surface area contributed by atoms with E-state index in [0.29, 0.717) is 15.3 Å². The molecular formula is C15H22ClN3OS. The average Bonchev–Trinajstić information content (AvgIpc) is 2.61. The van der Waals surface area contributed by atoms with E-state index in [1.807, 2.05) is 23.9 Å². The number of benzene rings is 1. The summed E-state index contributed by atoms with van der Waals surface area (Å²) >= 11 is 8.36. The lowest BCUT2D eigenvalue weighted by molar-refractivity contribution is 0.276. The van der Waals surface area contributed by atoms with Crippen molar-refractivity contribution in [2.45, 2.75) is 31.6 Å². The number of amidine groups is 1. The molecule has 1 aromatic carbocycles. The van der Waals surface area contributed by atoms with Gasteiger partial charge in [0.2, 0.25) is 0 Å². The van der Waals surface area contributed by atoms with E-state index < -0.39 is 0 Å². The minimum absolute atomic E-state index is 0.0800. The van der Waals surface area contributed by atoms with Gasteiger partial charge in [-0.3, -0.25) is 4.90 Å². The summed E-state index contributed by atoms with van der Waals surface area (Å²) in [5.74, 6) is 1.23. The number of oxime groups is 1. The van der Waals surface area contributed by atoms with Gasteiger partial charge in [-0.15, -0.1) is 0 Å². The summed E-state index contributed by atoms with van der Waals surface area (Å²) in [4.78, 5) is 2.44. The quantitative estimate of drug-likeness (QED) is 0.387. The molecule has 1 aliphatic rings. The van der Waals surface area contributed by atoms with Crippen LogP contribution in [-0.2, 0) is 6.54 Å². The van der Waals surface area contributed by atoms with Gasteiger partial charge in [-0.1, -0.05) is 42.7 Å². The molecule has 3 N–H and O–H groups in total. The zero-order chi connectivity index (χ0) is 15.5. The lowest BCUT2D eigenvalue weighted by atomic mass is 10.1. The van der Waals surface area contributed by atoms with Crippen LogP contribution in [0.15, 0.2) is 23.4 Å². The molecule has 2 rings (SSSR count). The van der Waals surface area contributed by atoms with Crippen LogP contribution in [0, 0.1) is 0 Å². The van der Waals surface area contributed by atoms with Crippen molar-refractivity contribution in [1.29, 1.82) is 0 Å². The summed E-state index contributed by atoms with van der Waals surface area (Å²) in [6, 6.07) is 5.55. The van der Waals surface area contributed by atoms with Gasteiger partial charge in [-0.05, 0) is 24.6 Å². The first kappa shape index (κ1) is 16.5. The Morgan fingerprint density at radius 1 is 1.48 bits per heavy atom. The van der Waals surface area contributed by atoms with E-state index >= 15 is 0 Å². The topological polar surface area (TPSA) is 61.8 Å². The zero-order valence-electron chi connectivity index (χ0n) is 12.5. The Bertz CT molecular complexity index is 534. The van der Waals surface area contributed by atoms with E-state index in [0.717, 1.165) is 31.0 Å². The number of thioether (sulfide) groups is 1. The van der Waals surface area contributed by atoms with Crippen molar-refractivity contribution in [2.75, 3.05) is 18.8 Å². The number of nitrogens with two attached hydrogens (primary N) is 1. The van der Waals surface area contributed by atoms with Crippen LogP contribution >= 0.6 is 23.4 Å². The number of hydrogen-bond donors (Lipinski definition) is 2. The Balaban J connectivity index is 2.06. The smallest absolute Gasteiger partial charge is 0.170 e. The lowest BCUT2D eigenvalue weighted by Gasteiger charge is -2.23. The molecule has 0 radical (unpaired) electrons. The van der Waals surface area contributed by atoms with E-state index in [2.05, 4.69) is 23.9 Å². The molecule has 1 fully saturated rings. The fourth-order valence-corrected chi connectivity index (χ4v) is 3.73. The summed E-state index contributed by atoms with van der Waals surface area (Å²) in [5, 5.41) is 12.4. The molecule has 21 heavy (non-hydrogen) atoms. The maximum Gasteiger partial charge on any atom is 0.170 e. The molecule has 1 aromatic rings. The van der Waals surface area contributed by atoms with Crippen LogP contribution in [0.3, 0.4) is 0 Å². The fraction of sp³-hybridized carbons (Fsp3) is 0.533. The third kappa shape index (κ3) is 4.53. The molecule has 1 aliphatic heterocycles. The molecule has 0 bridgehead atoms. The minimum atomic E-state index is 0.0800. The van der Waals surface area contributed by atoms with E-state index in [1.54, 1.807) is 6.07 Å². The molecule has 6 heteroatoms. The Morgan fingerprint density at radius 2 is 2.24 bits per heavy atom. The number of halogens is 1. The lowest BCUT2D eigenvalue weighted by Crippen LogP contribution is -2.27. The van der Waals surface area contributed by atoms with Crippen molar-refractivity contribution in [3.8, 4) is 0 Å². The minimum Gasteiger partial charge on any atom is -0.409 e. The first-order valence-electron chi connectivity index (χ1n) is 7.04. The van der Waals surface area contributed by atoms with Crippen LogP contribution < -0.4 is 5.73 Å². The van der Waals surface area contributed by atoms with Crippen LogP contribution in [0.4, 0.5) is 0 Å². The summed E-state index contributed by atoms with van der Waals surface area (Å²) in [7, 11) is 0. The van der Waals surface area contributed by atoms with Crippen molar-refractivity contribution in [3.05, 3.63) is 34.3 Å². The summed E-state index contributed by atoms with van der Waals surface area (Å²) in [6.45, 7) is 7.61. The molecule has 0 spiro atoms. The van der Waals surface area contributed by atoms with Crippen LogP contribution in [0.5, 0.6) is 0 Å². The Kier molecular flexibility index (Phi) is 5.41. The number of nitrogens with zero attached hydrogens (tertiary/aromatic N) is 2. The summed E-state index contributed by atoms with van der Waals surface area (Å²) in [6.07, 6.45) is 1.18. The van der Waals surface area contributed by atoms with Gasteiger partial charge in [-0.2, -0.15) is 11.8 Å². The van der Waals surface area contributed by atoms with Crippen LogP contribution in [0.1, 0.15) is 31.4 Å². The standard InChI is InChI=1S/C15H22ClN3OS/c1-15(2)5-6-19(7-8-21-15)10-12-4-3-11(9-13(12)16)14(17)18-20/h3-4,9,20H,5-8,10H2,1-2H3,(H2,17,18). The molecule has 4 nitrogen and oxygen atoms in total. The van der Waals surface area contributed by atoms with Crippen molar-refractivity contribution in [1.82, 2.24) is 4.90 Å². The van der Waals surface area contributed by atoms with Gasteiger partial charge < -0.3 is 10.9 Å². The average molecular weight is 328 g/mol. The zero-order valence-corrected chi connectivity index (χ0v) is 14.0. The second-order valence-corrected chi connectivity index (χ2v) is 8.14. The second kappa shape index (κ2) is 6.90. The SMILES string of the molecule is CC1(C)CCN(Cc2ccc(/C(N)=N/O)cc2Cl)CCS1. The van der Waals surface area contributed by atoms with Gasteiger partial charge in [0.25, 0.3) is 0 Å². The maximum absolute atomic E-state index is 8.70. The molecular weight excluding hydrogens is 306 g/mol. The molecule has 0 atom stereocenters. The van der Waals surface area contributed by atoms with E-state index in [4.69, 9.17) is 22.5 Å². The third-order valence-electron chi connectivity index (χ3n) is 3.78. The Morgan fingerprint density at radius 3 is 2.90 bits per heavy atom. The molecule has 0 aliphatic carbocycles. The third-order valence-corrected chi connectivity index (χ3v) is 5.51. The maximum atomic E-state index is 8.70. The molecule has 0 aromatic heterocycles. The van der Waals surface area contributed by atoms with E-state index in [1.165, 1.54) is 6.42 Å². The highest BCUT2D eigenvalue weighted by Crippen LogP contribution is 2.31. The van der Waals surface area contributed by atoms with Crippen molar-refractivity contribution >= 4 is 29.2 Å². The van der Waals surface area contributed by atoms with Crippen LogP contribution in [0.2, 0.25) is 5.02 Å². The summed E-state index contributed by atoms with van der Waals surface area (Å²) < 4.78 is 0.356. The Labute approximate surface area is 135 Å². The predicted octanol–water partition coefficient (Wildman–Crippen LogP) is 3.15. The highest BCUT2D eigenvalue weighted by atomic mass is 35.5. The van der Waals surface area contributed by atoms with Crippen molar-refractivity contribution in [3.63, 3.8) is 0 Å². The van der Waals surface area contributed by atoms with Gasteiger partial charge in [0.15, 0.2) is 5.84 Å². The van der Waals surface area contributed by atoms with Gasteiger partial charge in [0.1, 0.15) is 0 Å². The molecule has 1 heterocycles. The first-order chi connectivity index (χ1) is 9.91. The normalized spacial score (nSPS) is 20.2. The highest BCUT2D eigenvalue weighted by Gasteiger charge is 2.23. The number of rotatable bonds is 3. The number of hydrogen-bond acceptors (Lipinski definition) is 4. The fourth-order valence-electron chi connectivity index (χ4n) is 2.35. The van der Waals surface area contributed by atoms with Crippen molar-refractivity contribution < 1.29 is 5.21 Å². The van der Waals surface area contributed by atoms with Gasteiger partial charge in [-0.25, -0.2) is 0 Å². The predicted molar refractivity (Wildman–Crippen MR) is 90.4 cm³/mol.